The molecular formula is C33H33N3. The summed E-state index contributed by atoms with van der Waals surface area (Å²) in [6, 6.07) is 32.0. The van der Waals surface area contributed by atoms with Gasteiger partial charge < -0.3 is 4.57 Å². The molecule has 0 fully saturated rings. The third-order valence-electron chi connectivity index (χ3n) is 6.88. The van der Waals surface area contributed by atoms with Crippen LogP contribution < -0.4 is 0 Å². The van der Waals surface area contributed by atoms with E-state index in [1.165, 1.54) is 22.3 Å². The Kier molecular flexibility index (Phi) is 6.56. The molecule has 180 valence electrons. The van der Waals surface area contributed by atoms with Gasteiger partial charge in [-0.3, -0.25) is 4.99 Å². The molecule has 0 radical (unpaired) electrons. The fourth-order valence-electron chi connectivity index (χ4n) is 4.94. The molecule has 0 aliphatic heterocycles. The Morgan fingerprint density at radius 1 is 0.667 bits per heavy atom. The summed E-state index contributed by atoms with van der Waals surface area (Å²) in [5.41, 5.74) is 10.4. The van der Waals surface area contributed by atoms with Crippen LogP contribution in [0.5, 0.6) is 0 Å². The fraction of sp³-hybridized carbons (Fsp3) is 0.212. The van der Waals surface area contributed by atoms with Gasteiger partial charge in [0.15, 0.2) is 5.82 Å². The van der Waals surface area contributed by atoms with Crippen LogP contribution in [0.4, 0.5) is 5.69 Å². The number of fused-ring (bicyclic) bond motifs is 1. The number of para-hydroxylation sites is 1. The minimum atomic E-state index is 0.394. The van der Waals surface area contributed by atoms with E-state index >= 15 is 0 Å². The van der Waals surface area contributed by atoms with E-state index < -0.39 is 0 Å². The average molecular weight is 472 g/mol. The molecule has 0 bridgehead atoms. The predicted octanol–water partition coefficient (Wildman–Crippen LogP) is 8.90. The van der Waals surface area contributed by atoms with Crippen molar-refractivity contribution < 1.29 is 0 Å². The van der Waals surface area contributed by atoms with Crippen molar-refractivity contribution in [3.63, 3.8) is 0 Å². The summed E-state index contributed by atoms with van der Waals surface area (Å²) in [6.45, 7) is 8.91. The van der Waals surface area contributed by atoms with Gasteiger partial charge in [-0.25, -0.2) is 4.98 Å². The molecule has 5 aromatic rings. The summed E-state index contributed by atoms with van der Waals surface area (Å²) in [7, 11) is 2.09. The molecule has 1 aromatic heterocycles. The maximum atomic E-state index is 5.15. The first-order chi connectivity index (χ1) is 17.5. The lowest BCUT2D eigenvalue weighted by atomic mass is 9.93. The van der Waals surface area contributed by atoms with Crippen molar-refractivity contribution in [1.29, 1.82) is 0 Å². The highest BCUT2D eigenvalue weighted by Crippen LogP contribution is 2.37. The second-order valence-electron chi connectivity index (χ2n) is 9.97. The van der Waals surface area contributed by atoms with Gasteiger partial charge in [-0.05, 0) is 34.1 Å². The number of nitrogens with zero attached hydrogens (tertiary/aromatic N) is 3. The SMILES string of the molecule is CC(C)c1cccc(C(C)C)c1N=Cc1nc2c(-c3ccccc3)ccc(-c3ccccc3)c2n1C. The highest BCUT2D eigenvalue weighted by molar-refractivity contribution is 6.03. The summed E-state index contributed by atoms with van der Waals surface area (Å²) in [6.07, 6.45) is 1.94. The van der Waals surface area contributed by atoms with Crippen LogP contribution in [0.25, 0.3) is 33.3 Å². The molecule has 4 aromatic carbocycles. The molecule has 0 saturated carbocycles. The largest absolute Gasteiger partial charge is 0.326 e. The molecule has 0 atom stereocenters. The van der Waals surface area contributed by atoms with E-state index in [9.17, 15) is 0 Å². The van der Waals surface area contributed by atoms with Crippen molar-refractivity contribution in [3.8, 4) is 22.3 Å². The first-order valence-electron chi connectivity index (χ1n) is 12.7. The van der Waals surface area contributed by atoms with Crippen LogP contribution in [0, 0.1) is 0 Å². The van der Waals surface area contributed by atoms with Gasteiger partial charge in [0.05, 0.1) is 22.9 Å². The third kappa shape index (κ3) is 4.37. The topological polar surface area (TPSA) is 30.2 Å². The zero-order chi connectivity index (χ0) is 25.2. The molecule has 0 aliphatic carbocycles. The van der Waals surface area contributed by atoms with Crippen LogP contribution in [0.3, 0.4) is 0 Å². The molecule has 3 heteroatoms. The van der Waals surface area contributed by atoms with Gasteiger partial charge in [0.1, 0.15) is 0 Å². The van der Waals surface area contributed by atoms with E-state index in [2.05, 4.69) is 124 Å². The zero-order valence-corrected chi connectivity index (χ0v) is 21.7. The van der Waals surface area contributed by atoms with E-state index in [-0.39, 0.29) is 0 Å². The molecule has 0 saturated heterocycles. The highest BCUT2D eigenvalue weighted by atomic mass is 15.1. The Morgan fingerprint density at radius 3 is 1.75 bits per heavy atom. The monoisotopic (exact) mass is 471 g/mol. The van der Waals surface area contributed by atoms with E-state index in [0.29, 0.717) is 11.8 Å². The minimum Gasteiger partial charge on any atom is -0.326 e. The van der Waals surface area contributed by atoms with Crippen molar-refractivity contribution in [1.82, 2.24) is 9.55 Å². The number of aryl methyl sites for hydroxylation is 1. The van der Waals surface area contributed by atoms with Crippen molar-refractivity contribution in [2.75, 3.05) is 0 Å². The smallest absolute Gasteiger partial charge is 0.152 e. The molecule has 0 aliphatic rings. The molecular weight excluding hydrogens is 438 g/mol. The van der Waals surface area contributed by atoms with E-state index in [1.807, 2.05) is 12.3 Å². The van der Waals surface area contributed by atoms with Gasteiger partial charge in [-0.15, -0.1) is 0 Å². The lowest BCUT2D eigenvalue weighted by Crippen LogP contribution is -1.99. The number of hydrogen-bond donors (Lipinski definition) is 0. The number of aromatic nitrogens is 2. The first-order valence-corrected chi connectivity index (χ1v) is 12.7. The summed E-state index contributed by atoms with van der Waals surface area (Å²) in [5.74, 6) is 1.63. The number of hydrogen-bond acceptors (Lipinski definition) is 2. The second-order valence-corrected chi connectivity index (χ2v) is 9.97. The van der Waals surface area contributed by atoms with Crippen LogP contribution in [-0.2, 0) is 7.05 Å². The molecule has 5 rings (SSSR count). The van der Waals surface area contributed by atoms with Crippen molar-refractivity contribution in [2.45, 2.75) is 39.5 Å². The molecule has 36 heavy (non-hydrogen) atoms. The van der Waals surface area contributed by atoms with Gasteiger partial charge >= 0.3 is 0 Å². The zero-order valence-electron chi connectivity index (χ0n) is 21.7. The summed E-state index contributed by atoms with van der Waals surface area (Å²) in [5, 5.41) is 0. The van der Waals surface area contributed by atoms with E-state index in [4.69, 9.17) is 9.98 Å². The second kappa shape index (κ2) is 9.94. The number of aliphatic imine (C=N–C) groups is 1. The lowest BCUT2D eigenvalue weighted by molar-refractivity contribution is 0.834. The van der Waals surface area contributed by atoms with Crippen LogP contribution >= 0.6 is 0 Å². The first kappa shape index (κ1) is 23.7. The van der Waals surface area contributed by atoms with Gasteiger partial charge in [-0.2, -0.15) is 0 Å². The Labute approximate surface area is 214 Å². The molecule has 0 unspecified atom stereocenters. The standard InChI is InChI=1S/C33H33N3/c1-22(2)26-17-12-18-27(23(3)4)31(26)34-21-30-35-32-28(24-13-8-6-9-14-24)19-20-29(33(32)36(30)5)25-15-10-7-11-16-25/h6-23H,1-5H3. The summed E-state index contributed by atoms with van der Waals surface area (Å²) < 4.78 is 2.18. The van der Waals surface area contributed by atoms with Crippen molar-refractivity contribution in [2.24, 2.45) is 12.0 Å². The summed E-state index contributed by atoms with van der Waals surface area (Å²) >= 11 is 0. The molecule has 3 nitrogen and oxygen atoms in total. The van der Waals surface area contributed by atoms with Crippen LogP contribution in [0.2, 0.25) is 0 Å². The maximum Gasteiger partial charge on any atom is 0.152 e. The summed E-state index contributed by atoms with van der Waals surface area (Å²) in [4.78, 5) is 10.2. The number of rotatable bonds is 6. The highest BCUT2D eigenvalue weighted by Gasteiger charge is 2.18. The van der Waals surface area contributed by atoms with Crippen molar-refractivity contribution in [3.05, 3.63) is 108 Å². The van der Waals surface area contributed by atoms with Gasteiger partial charge in [0, 0.05) is 18.2 Å². The molecule has 1 heterocycles. The maximum absolute atomic E-state index is 5.15. The van der Waals surface area contributed by atoms with Gasteiger partial charge in [0.2, 0.25) is 0 Å². The molecule has 0 amide bonds. The third-order valence-corrected chi connectivity index (χ3v) is 6.88. The van der Waals surface area contributed by atoms with Crippen LogP contribution in [-0.4, -0.2) is 15.8 Å². The quantitative estimate of drug-likeness (QED) is 0.227. The normalized spacial score (nSPS) is 11.9. The minimum absolute atomic E-state index is 0.394. The fourth-order valence-corrected chi connectivity index (χ4v) is 4.94. The predicted molar refractivity (Wildman–Crippen MR) is 153 cm³/mol. The number of benzene rings is 4. The van der Waals surface area contributed by atoms with Crippen molar-refractivity contribution >= 4 is 22.9 Å². The Morgan fingerprint density at radius 2 is 1.19 bits per heavy atom. The molecule has 0 N–H and O–H groups in total. The van der Waals surface area contributed by atoms with Gasteiger partial charge in [0.25, 0.3) is 0 Å². The van der Waals surface area contributed by atoms with Crippen LogP contribution in [0.15, 0.2) is 96.0 Å². The number of imidazole rings is 1. The van der Waals surface area contributed by atoms with Gasteiger partial charge in [-0.1, -0.05) is 119 Å². The van der Waals surface area contributed by atoms with Crippen LogP contribution in [0.1, 0.15) is 56.5 Å². The Balaban J connectivity index is 1.73. The molecule has 0 spiro atoms. The van der Waals surface area contributed by atoms with E-state index in [1.54, 1.807) is 0 Å². The average Bonchev–Trinajstić information content (AvgIpc) is 3.23. The Hall–Kier alpha value is -3.98. The van der Waals surface area contributed by atoms with E-state index in [0.717, 1.165) is 33.7 Å². The Bertz CT molecular complexity index is 1500. The lowest BCUT2D eigenvalue weighted by Gasteiger charge is -2.16.